The average Bonchev–Trinajstić information content (AvgIpc) is 2.85. The zero-order valence-electron chi connectivity index (χ0n) is 15.1. The van der Waals surface area contributed by atoms with Gasteiger partial charge in [-0.25, -0.2) is 10.3 Å². The second-order valence-corrected chi connectivity index (χ2v) is 7.75. The summed E-state index contributed by atoms with van der Waals surface area (Å²) in [4.78, 5) is 44.5. The van der Waals surface area contributed by atoms with Crippen molar-refractivity contribution in [2.75, 3.05) is 39.3 Å². The van der Waals surface area contributed by atoms with E-state index in [-0.39, 0.29) is 25.5 Å². The maximum Gasteiger partial charge on any atom is 0.418 e. The van der Waals surface area contributed by atoms with Gasteiger partial charge in [0.2, 0.25) is 0 Å². The molecule has 2 bridgehead atoms. The van der Waals surface area contributed by atoms with E-state index in [4.69, 9.17) is 9.39 Å². The smallest absolute Gasteiger partial charge is 0.339 e. The SMILES string of the molecule is O=C(NOCC(=O)N1CCCNCC1)C1CCC2CN1C(=O)N2OS(=O)(=O)O. The molecule has 3 heterocycles. The number of hydrogen-bond acceptors (Lipinski definition) is 8. The Kier molecular flexibility index (Phi) is 6.34. The lowest BCUT2D eigenvalue weighted by molar-refractivity contribution is -0.147. The van der Waals surface area contributed by atoms with Gasteiger partial charge in [0.1, 0.15) is 6.04 Å². The number of nitrogens with one attached hydrogen (secondary N) is 2. The van der Waals surface area contributed by atoms with Gasteiger partial charge in [-0.15, -0.1) is 4.28 Å². The first-order chi connectivity index (χ1) is 13.3. The van der Waals surface area contributed by atoms with E-state index in [1.807, 2.05) is 0 Å². The number of rotatable bonds is 6. The highest BCUT2D eigenvalue weighted by molar-refractivity contribution is 7.80. The largest absolute Gasteiger partial charge is 0.418 e. The molecule has 0 aromatic carbocycles. The summed E-state index contributed by atoms with van der Waals surface area (Å²) >= 11 is 0. The number of hydrogen-bond donors (Lipinski definition) is 3. The number of carbonyl (C=O) groups excluding carboxylic acids is 3. The summed E-state index contributed by atoms with van der Waals surface area (Å²) in [5.41, 5.74) is 2.18. The van der Waals surface area contributed by atoms with Crippen LogP contribution in [-0.4, -0.2) is 97.1 Å². The predicted molar refractivity (Wildman–Crippen MR) is 91.5 cm³/mol. The lowest BCUT2D eigenvalue weighted by atomic mass is 10.0. The highest BCUT2D eigenvalue weighted by Gasteiger charge is 2.49. The molecule has 0 aromatic rings. The lowest BCUT2D eigenvalue weighted by Gasteiger charge is -2.29. The fourth-order valence-corrected chi connectivity index (χ4v) is 3.92. The van der Waals surface area contributed by atoms with E-state index in [9.17, 15) is 22.8 Å². The van der Waals surface area contributed by atoms with Crippen molar-refractivity contribution >= 4 is 28.2 Å². The number of fused-ring (bicyclic) bond motifs is 2. The van der Waals surface area contributed by atoms with Gasteiger partial charge in [0.15, 0.2) is 6.61 Å². The molecule has 28 heavy (non-hydrogen) atoms. The van der Waals surface area contributed by atoms with Crippen molar-refractivity contribution in [2.45, 2.75) is 31.3 Å². The highest BCUT2D eigenvalue weighted by Crippen LogP contribution is 2.30. The minimum Gasteiger partial charge on any atom is -0.339 e. The van der Waals surface area contributed by atoms with E-state index in [1.54, 1.807) is 4.90 Å². The van der Waals surface area contributed by atoms with Crippen molar-refractivity contribution in [3.63, 3.8) is 0 Å². The minimum absolute atomic E-state index is 0.0755. The van der Waals surface area contributed by atoms with Crippen molar-refractivity contribution in [3.8, 4) is 0 Å². The first-order valence-electron chi connectivity index (χ1n) is 8.93. The summed E-state index contributed by atoms with van der Waals surface area (Å²) in [5, 5.41) is 3.73. The molecule has 0 radical (unpaired) electrons. The lowest BCUT2D eigenvalue weighted by Crippen LogP contribution is -2.50. The number of hydroxylamine groups is 3. The molecule has 3 N–H and O–H groups in total. The van der Waals surface area contributed by atoms with Crippen LogP contribution in [0.2, 0.25) is 0 Å². The molecule has 3 fully saturated rings. The Hall–Kier alpha value is -2.00. The van der Waals surface area contributed by atoms with Crippen molar-refractivity contribution in [2.24, 2.45) is 0 Å². The second kappa shape index (κ2) is 8.57. The van der Waals surface area contributed by atoms with Crippen LogP contribution < -0.4 is 10.8 Å². The fourth-order valence-electron chi connectivity index (χ4n) is 3.53. The number of urea groups is 1. The van der Waals surface area contributed by atoms with Gasteiger partial charge >= 0.3 is 16.4 Å². The Balaban J connectivity index is 1.49. The monoisotopic (exact) mass is 421 g/mol. The van der Waals surface area contributed by atoms with Crippen LogP contribution in [0, 0.1) is 0 Å². The van der Waals surface area contributed by atoms with Crippen molar-refractivity contribution in [1.82, 2.24) is 25.7 Å². The van der Waals surface area contributed by atoms with Gasteiger partial charge in [0.25, 0.3) is 11.8 Å². The first-order valence-corrected chi connectivity index (χ1v) is 10.3. The third kappa shape index (κ3) is 4.88. The highest BCUT2D eigenvalue weighted by atomic mass is 32.3. The van der Waals surface area contributed by atoms with Crippen LogP contribution in [0.3, 0.4) is 0 Å². The van der Waals surface area contributed by atoms with Crippen LogP contribution in [-0.2, 0) is 29.1 Å². The molecule has 4 amide bonds. The summed E-state index contributed by atoms with van der Waals surface area (Å²) in [7, 11) is -4.85. The second-order valence-electron chi connectivity index (χ2n) is 6.75. The molecule has 0 spiro atoms. The van der Waals surface area contributed by atoms with Crippen LogP contribution in [0.25, 0.3) is 0 Å². The Labute approximate surface area is 161 Å². The summed E-state index contributed by atoms with van der Waals surface area (Å²) in [6, 6.07) is -2.32. The summed E-state index contributed by atoms with van der Waals surface area (Å²) < 4.78 is 34.8. The van der Waals surface area contributed by atoms with Gasteiger partial charge in [-0.2, -0.15) is 13.5 Å². The molecule has 158 valence electrons. The molecular weight excluding hydrogens is 398 g/mol. The van der Waals surface area contributed by atoms with Gasteiger partial charge in [-0.3, -0.25) is 19.0 Å². The third-order valence-corrected chi connectivity index (χ3v) is 5.21. The number of piperidine rings is 1. The molecule has 14 heteroatoms. The quantitative estimate of drug-likeness (QED) is 0.321. The molecule has 2 unspecified atom stereocenters. The van der Waals surface area contributed by atoms with Gasteiger partial charge in [0.05, 0.1) is 6.04 Å². The molecule has 3 aliphatic heterocycles. The maximum absolute atomic E-state index is 12.3. The van der Waals surface area contributed by atoms with Gasteiger partial charge in [-0.1, -0.05) is 0 Å². The van der Waals surface area contributed by atoms with E-state index in [1.165, 1.54) is 0 Å². The molecule has 3 aliphatic rings. The van der Waals surface area contributed by atoms with Crippen molar-refractivity contribution < 1.29 is 36.5 Å². The summed E-state index contributed by atoms with van der Waals surface area (Å²) in [6.45, 7) is 2.46. The van der Waals surface area contributed by atoms with Crippen LogP contribution in [0.1, 0.15) is 19.3 Å². The first kappa shape index (κ1) is 20.7. The van der Waals surface area contributed by atoms with Gasteiger partial charge in [-0.05, 0) is 25.8 Å². The molecule has 0 aromatic heterocycles. The van der Waals surface area contributed by atoms with Crippen molar-refractivity contribution in [1.29, 1.82) is 0 Å². The Morgan fingerprint density at radius 3 is 2.79 bits per heavy atom. The van der Waals surface area contributed by atoms with Crippen LogP contribution in [0.15, 0.2) is 0 Å². The zero-order valence-corrected chi connectivity index (χ0v) is 15.9. The van der Waals surface area contributed by atoms with E-state index >= 15 is 0 Å². The normalized spacial score (nSPS) is 25.6. The molecule has 2 atom stereocenters. The summed E-state index contributed by atoms with van der Waals surface area (Å²) in [5.74, 6) is -0.872. The standard InChI is InChI=1S/C14H23N5O8S/c20-12(17-6-1-4-15-5-7-17)9-26-16-13(21)11-3-2-10-8-18(11)14(22)19(10)27-28(23,24)25/h10-11,15H,1-9H2,(H,16,21)(H,23,24,25). The Bertz CT molecular complexity index is 723. The molecule has 0 aliphatic carbocycles. The predicted octanol–water partition coefficient (Wildman–Crippen LogP) is -2.14. The summed E-state index contributed by atoms with van der Waals surface area (Å²) in [6.07, 6.45) is 1.39. The molecule has 0 saturated carbocycles. The maximum atomic E-state index is 12.3. The van der Waals surface area contributed by atoms with E-state index in [2.05, 4.69) is 15.1 Å². The van der Waals surface area contributed by atoms with Crippen LogP contribution >= 0.6 is 0 Å². The zero-order chi connectivity index (χ0) is 20.3. The molecular formula is C14H23N5O8S. The van der Waals surface area contributed by atoms with Gasteiger partial charge in [0, 0.05) is 26.2 Å². The minimum atomic E-state index is -4.85. The van der Waals surface area contributed by atoms with Gasteiger partial charge < -0.3 is 15.1 Å². The third-order valence-electron chi connectivity index (χ3n) is 4.86. The Morgan fingerprint density at radius 2 is 2.04 bits per heavy atom. The topological polar surface area (TPSA) is 158 Å². The fraction of sp³-hybridized carbons (Fsp3) is 0.786. The van der Waals surface area contributed by atoms with Crippen LogP contribution in [0.5, 0.6) is 0 Å². The number of amides is 4. The molecule has 13 nitrogen and oxygen atoms in total. The van der Waals surface area contributed by atoms with E-state index in [0.29, 0.717) is 31.1 Å². The van der Waals surface area contributed by atoms with Crippen molar-refractivity contribution in [3.05, 3.63) is 0 Å². The molecule has 3 saturated heterocycles. The van der Waals surface area contributed by atoms with E-state index in [0.717, 1.165) is 17.9 Å². The Morgan fingerprint density at radius 1 is 1.25 bits per heavy atom. The number of carbonyl (C=O) groups is 3. The average molecular weight is 421 g/mol. The van der Waals surface area contributed by atoms with E-state index < -0.39 is 34.4 Å². The van der Waals surface area contributed by atoms with Crippen LogP contribution in [0.4, 0.5) is 4.79 Å². The number of nitrogens with zero attached hydrogens (tertiary/aromatic N) is 3. The molecule has 3 rings (SSSR count).